The van der Waals surface area contributed by atoms with Crippen molar-refractivity contribution in [2.75, 3.05) is 0 Å². The van der Waals surface area contributed by atoms with E-state index in [1.165, 1.54) is 18.5 Å². The minimum atomic E-state index is 0.319. The Morgan fingerprint density at radius 3 is 2.86 bits per heavy atom. The van der Waals surface area contributed by atoms with E-state index < -0.39 is 0 Å². The zero-order chi connectivity index (χ0) is 9.71. The van der Waals surface area contributed by atoms with Gasteiger partial charge in [0.05, 0.1) is 0 Å². The Kier molecular flexibility index (Phi) is 1.65. The number of phenolic OH excluding ortho intramolecular Hbond substituents is 1. The van der Waals surface area contributed by atoms with E-state index in [0.29, 0.717) is 11.7 Å². The number of hydrogen-bond acceptors (Lipinski definition) is 1. The van der Waals surface area contributed by atoms with Crippen molar-refractivity contribution in [2.24, 2.45) is 0 Å². The highest BCUT2D eigenvalue weighted by Gasteiger charge is 2.28. The van der Waals surface area contributed by atoms with Crippen LogP contribution in [0.2, 0.25) is 0 Å². The number of aromatic nitrogens is 1. The maximum Gasteiger partial charge on any atom is 0.116 e. The normalized spacial score (nSPS) is 16.4. The van der Waals surface area contributed by atoms with Gasteiger partial charge in [0.1, 0.15) is 5.75 Å². The molecule has 0 bridgehead atoms. The van der Waals surface area contributed by atoms with Crippen molar-refractivity contribution in [3.63, 3.8) is 0 Å². The Balaban J connectivity index is 2.29. The smallest absolute Gasteiger partial charge is 0.116 e. The van der Waals surface area contributed by atoms with Crippen LogP contribution in [0.15, 0.2) is 22.7 Å². The van der Waals surface area contributed by atoms with Crippen LogP contribution in [0.4, 0.5) is 0 Å². The van der Waals surface area contributed by atoms with Gasteiger partial charge in [0.2, 0.25) is 0 Å². The van der Waals surface area contributed by atoms with Gasteiger partial charge >= 0.3 is 0 Å². The van der Waals surface area contributed by atoms with Crippen LogP contribution in [-0.2, 0) is 0 Å². The van der Waals surface area contributed by atoms with Gasteiger partial charge in [-0.05, 0) is 47.0 Å². The summed E-state index contributed by atoms with van der Waals surface area (Å²) in [5.41, 5.74) is 2.38. The highest BCUT2D eigenvalue weighted by Crippen LogP contribution is 2.45. The van der Waals surface area contributed by atoms with Crippen LogP contribution in [0, 0.1) is 0 Å². The number of fused-ring (bicyclic) bond motifs is 1. The quantitative estimate of drug-likeness (QED) is 0.800. The molecule has 3 rings (SSSR count). The van der Waals surface area contributed by atoms with Crippen LogP contribution in [0.3, 0.4) is 0 Å². The zero-order valence-electron chi connectivity index (χ0n) is 7.55. The largest absolute Gasteiger partial charge is 0.508 e. The van der Waals surface area contributed by atoms with Crippen molar-refractivity contribution in [1.29, 1.82) is 0 Å². The van der Waals surface area contributed by atoms with E-state index in [-0.39, 0.29) is 0 Å². The summed E-state index contributed by atoms with van der Waals surface area (Å²) in [5.74, 6) is 1.01. The molecule has 2 N–H and O–H groups in total. The summed E-state index contributed by atoms with van der Waals surface area (Å²) in [4.78, 5) is 3.40. The molecule has 1 saturated carbocycles. The molecule has 1 aromatic heterocycles. The number of halogens is 1. The molecular formula is C11H10BrNO. The molecule has 0 amide bonds. The van der Waals surface area contributed by atoms with Gasteiger partial charge in [0, 0.05) is 27.0 Å². The van der Waals surface area contributed by atoms with E-state index in [4.69, 9.17) is 0 Å². The molecule has 0 spiro atoms. The Bertz CT molecular complexity index is 499. The zero-order valence-corrected chi connectivity index (χ0v) is 9.13. The number of aromatic amines is 1. The molecule has 0 unspecified atom stereocenters. The summed E-state index contributed by atoms with van der Waals surface area (Å²) in [6, 6.07) is 5.42. The van der Waals surface area contributed by atoms with Gasteiger partial charge in [-0.2, -0.15) is 0 Å². The van der Waals surface area contributed by atoms with Gasteiger partial charge in [-0.15, -0.1) is 0 Å². The lowest BCUT2D eigenvalue weighted by atomic mass is 10.2. The van der Waals surface area contributed by atoms with Gasteiger partial charge in [-0.3, -0.25) is 0 Å². The fourth-order valence-electron chi connectivity index (χ4n) is 1.82. The maximum atomic E-state index is 9.38. The second-order valence-corrected chi connectivity index (χ2v) is 4.65. The van der Waals surface area contributed by atoms with Crippen LogP contribution in [0.1, 0.15) is 24.5 Å². The van der Waals surface area contributed by atoms with Crippen molar-refractivity contribution >= 4 is 26.8 Å². The standard InChI is InChI=1S/C11H10BrNO/c12-10-8-5-7(14)3-4-9(8)13-11(10)6-1-2-6/h3-6,13-14H,1-2H2. The number of benzene rings is 1. The minimum absolute atomic E-state index is 0.319. The van der Waals surface area contributed by atoms with Gasteiger partial charge in [-0.25, -0.2) is 0 Å². The van der Waals surface area contributed by atoms with Crippen LogP contribution in [0.5, 0.6) is 5.75 Å². The SMILES string of the molecule is Oc1ccc2[nH]c(C3CC3)c(Br)c2c1. The first kappa shape index (κ1) is 8.36. The van der Waals surface area contributed by atoms with Gasteiger partial charge < -0.3 is 10.1 Å². The lowest BCUT2D eigenvalue weighted by Crippen LogP contribution is -1.77. The number of H-pyrrole nitrogens is 1. The Labute approximate surface area is 90.1 Å². The molecule has 0 radical (unpaired) electrons. The fourth-order valence-corrected chi connectivity index (χ4v) is 2.57. The average Bonchev–Trinajstić information content (AvgIpc) is 2.95. The summed E-state index contributed by atoms with van der Waals surface area (Å²) < 4.78 is 1.12. The molecule has 72 valence electrons. The highest BCUT2D eigenvalue weighted by atomic mass is 79.9. The predicted molar refractivity (Wildman–Crippen MR) is 59.6 cm³/mol. The molecule has 0 aliphatic heterocycles. The molecule has 2 nitrogen and oxygen atoms in total. The minimum Gasteiger partial charge on any atom is -0.508 e. The molecule has 1 heterocycles. The summed E-state index contributed by atoms with van der Waals surface area (Å²) in [5, 5.41) is 10.5. The van der Waals surface area contributed by atoms with E-state index in [1.54, 1.807) is 12.1 Å². The Hall–Kier alpha value is -0.960. The van der Waals surface area contributed by atoms with E-state index >= 15 is 0 Å². The van der Waals surface area contributed by atoms with E-state index in [0.717, 1.165) is 15.4 Å². The maximum absolute atomic E-state index is 9.38. The second kappa shape index (κ2) is 2.76. The van der Waals surface area contributed by atoms with Crippen LogP contribution < -0.4 is 0 Å². The van der Waals surface area contributed by atoms with Crippen molar-refractivity contribution in [3.05, 3.63) is 28.4 Å². The first-order valence-corrected chi connectivity index (χ1v) is 5.55. The second-order valence-electron chi connectivity index (χ2n) is 3.86. The van der Waals surface area contributed by atoms with Crippen LogP contribution in [0.25, 0.3) is 10.9 Å². The van der Waals surface area contributed by atoms with Gasteiger partial charge in [0.25, 0.3) is 0 Å². The van der Waals surface area contributed by atoms with Crippen LogP contribution >= 0.6 is 15.9 Å². The molecule has 1 aromatic carbocycles. The van der Waals surface area contributed by atoms with Gasteiger partial charge in [0.15, 0.2) is 0 Å². The molecular weight excluding hydrogens is 242 g/mol. The predicted octanol–water partition coefficient (Wildman–Crippen LogP) is 3.51. The van der Waals surface area contributed by atoms with E-state index in [1.807, 2.05) is 6.07 Å². The Morgan fingerprint density at radius 2 is 2.14 bits per heavy atom. The number of phenols is 1. The van der Waals surface area contributed by atoms with Crippen molar-refractivity contribution in [1.82, 2.24) is 4.98 Å². The molecule has 0 saturated heterocycles. The van der Waals surface area contributed by atoms with Crippen molar-refractivity contribution < 1.29 is 5.11 Å². The monoisotopic (exact) mass is 251 g/mol. The van der Waals surface area contributed by atoms with E-state index in [2.05, 4.69) is 20.9 Å². The molecule has 14 heavy (non-hydrogen) atoms. The summed E-state index contributed by atoms with van der Waals surface area (Å²) >= 11 is 3.58. The molecule has 1 aliphatic rings. The number of hydrogen-bond donors (Lipinski definition) is 2. The molecule has 1 fully saturated rings. The summed E-state index contributed by atoms with van der Waals surface area (Å²) in [7, 11) is 0. The number of nitrogens with one attached hydrogen (secondary N) is 1. The average molecular weight is 252 g/mol. The number of rotatable bonds is 1. The molecule has 2 aromatic rings. The number of aromatic hydroxyl groups is 1. The molecule has 0 atom stereocenters. The van der Waals surface area contributed by atoms with Gasteiger partial charge in [-0.1, -0.05) is 0 Å². The third-order valence-corrected chi connectivity index (χ3v) is 3.59. The van der Waals surface area contributed by atoms with E-state index in [9.17, 15) is 5.11 Å². The van der Waals surface area contributed by atoms with Crippen molar-refractivity contribution in [2.45, 2.75) is 18.8 Å². The first-order chi connectivity index (χ1) is 6.75. The topological polar surface area (TPSA) is 36.0 Å². The lowest BCUT2D eigenvalue weighted by Gasteiger charge is -1.92. The lowest BCUT2D eigenvalue weighted by molar-refractivity contribution is 0.476. The fraction of sp³-hybridized carbons (Fsp3) is 0.273. The summed E-state index contributed by atoms with van der Waals surface area (Å²) in [6.45, 7) is 0. The third kappa shape index (κ3) is 1.16. The third-order valence-electron chi connectivity index (χ3n) is 2.73. The molecule has 3 heteroatoms. The molecule has 1 aliphatic carbocycles. The van der Waals surface area contributed by atoms with Crippen molar-refractivity contribution in [3.8, 4) is 5.75 Å². The first-order valence-electron chi connectivity index (χ1n) is 4.76. The highest BCUT2D eigenvalue weighted by molar-refractivity contribution is 9.10. The van der Waals surface area contributed by atoms with Crippen LogP contribution in [-0.4, -0.2) is 10.1 Å². The summed E-state index contributed by atoms with van der Waals surface area (Å²) in [6.07, 6.45) is 2.55. The Morgan fingerprint density at radius 1 is 1.36 bits per heavy atom.